The number of ether oxygens (including phenoxy) is 1. The van der Waals surface area contributed by atoms with Crippen LogP contribution < -0.4 is 10.6 Å². The van der Waals surface area contributed by atoms with Crippen LogP contribution in [-0.2, 0) is 9.53 Å². The fraction of sp³-hybridized carbons (Fsp3) is 0.417. The zero-order valence-corrected chi connectivity index (χ0v) is 10.5. The molecule has 0 aliphatic carbocycles. The topological polar surface area (TPSA) is 85.5 Å². The Hall–Kier alpha value is -2.11. The maximum Gasteiger partial charge on any atom is 0.325 e. The molecule has 6 nitrogen and oxygen atoms in total. The molecule has 1 heterocycles. The number of carbonyl (C=O) groups is 2. The maximum absolute atomic E-state index is 11.3. The quantitative estimate of drug-likeness (QED) is 0.747. The van der Waals surface area contributed by atoms with Gasteiger partial charge in [0.25, 0.3) is 0 Å². The van der Waals surface area contributed by atoms with E-state index >= 15 is 0 Å². The second-order valence-electron chi connectivity index (χ2n) is 3.77. The van der Waals surface area contributed by atoms with Gasteiger partial charge in [0.15, 0.2) is 0 Å². The number of nitrogens with two attached hydrogens (primary N) is 1. The average molecular weight is 251 g/mol. The number of hydrogen-bond acceptors (Lipinski definition) is 5. The van der Waals surface area contributed by atoms with Crippen molar-refractivity contribution in [3.63, 3.8) is 0 Å². The highest BCUT2D eigenvalue weighted by Crippen LogP contribution is 2.11. The van der Waals surface area contributed by atoms with Gasteiger partial charge in [-0.2, -0.15) is 0 Å². The first-order valence-electron chi connectivity index (χ1n) is 5.66. The summed E-state index contributed by atoms with van der Waals surface area (Å²) in [7, 11) is 1.34. The van der Waals surface area contributed by atoms with Crippen molar-refractivity contribution in [2.24, 2.45) is 5.73 Å². The Morgan fingerprint density at radius 3 is 2.61 bits per heavy atom. The van der Waals surface area contributed by atoms with E-state index in [1.165, 1.54) is 13.3 Å². The van der Waals surface area contributed by atoms with E-state index in [9.17, 15) is 9.59 Å². The Labute approximate surface area is 106 Å². The number of primary amides is 1. The lowest BCUT2D eigenvalue weighted by molar-refractivity contribution is -0.138. The van der Waals surface area contributed by atoms with Crippen LogP contribution in [0.2, 0.25) is 0 Å². The number of pyridine rings is 1. The van der Waals surface area contributed by atoms with Crippen molar-refractivity contribution in [1.82, 2.24) is 4.98 Å². The van der Waals surface area contributed by atoms with Crippen LogP contribution in [0.25, 0.3) is 0 Å². The van der Waals surface area contributed by atoms with E-state index in [2.05, 4.69) is 9.72 Å². The Morgan fingerprint density at radius 1 is 1.44 bits per heavy atom. The molecule has 0 aromatic carbocycles. The molecular weight excluding hydrogens is 234 g/mol. The van der Waals surface area contributed by atoms with Crippen LogP contribution in [-0.4, -0.2) is 37.1 Å². The molecule has 0 unspecified atom stereocenters. The minimum absolute atomic E-state index is 0.132. The van der Waals surface area contributed by atoms with Gasteiger partial charge in [0, 0.05) is 12.7 Å². The van der Waals surface area contributed by atoms with Crippen LogP contribution in [0.3, 0.4) is 0 Å². The van der Waals surface area contributed by atoms with Gasteiger partial charge in [0.05, 0.1) is 12.7 Å². The lowest BCUT2D eigenvalue weighted by Crippen LogP contribution is -2.32. The van der Waals surface area contributed by atoms with Gasteiger partial charge in [0.1, 0.15) is 12.4 Å². The van der Waals surface area contributed by atoms with Gasteiger partial charge < -0.3 is 15.4 Å². The van der Waals surface area contributed by atoms with Crippen LogP contribution in [0.15, 0.2) is 18.3 Å². The molecule has 0 atom stereocenters. The van der Waals surface area contributed by atoms with E-state index in [-0.39, 0.29) is 12.5 Å². The van der Waals surface area contributed by atoms with Crippen LogP contribution in [0.5, 0.6) is 0 Å². The normalized spacial score (nSPS) is 9.89. The predicted molar refractivity (Wildman–Crippen MR) is 67.3 cm³/mol. The lowest BCUT2D eigenvalue weighted by Gasteiger charge is -2.21. The van der Waals surface area contributed by atoms with Gasteiger partial charge >= 0.3 is 5.97 Å². The second kappa shape index (κ2) is 6.58. The van der Waals surface area contributed by atoms with Crippen LogP contribution >= 0.6 is 0 Å². The Kier molecular flexibility index (Phi) is 5.10. The molecule has 6 heteroatoms. The second-order valence-corrected chi connectivity index (χ2v) is 3.77. The first-order valence-corrected chi connectivity index (χ1v) is 5.66. The number of amides is 1. The fourth-order valence-corrected chi connectivity index (χ4v) is 1.48. The highest BCUT2D eigenvalue weighted by atomic mass is 16.5. The molecule has 0 saturated heterocycles. The smallest absolute Gasteiger partial charge is 0.325 e. The first-order chi connectivity index (χ1) is 8.58. The molecule has 1 amide bonds. The molecule has 2 N–H and O–H groups in total. The summed E-state index contributed by atoms with van der Waals surface area (Å²) in [5.41, 5.74) is 5.48. The van der Waals surface area contributed by atoms with Crippen LogP contribution in [0.1, 0.15) is 23.7 Å². The third kappa shape index (κ3) is 3.73. The molecule has 1 aromatic heterocycles. The number of aromatic nitrogens is 1. The van der Waals surface area contributed by atoms with E-state index < -0.39 is 5.91 Å². The van der Waals surface area contributed by atoms with E-state index in [0.29, 0.717) is 17.9 Å². The van der Waals surface area contributed by atoms with Crippen molar-refractivity contribution < 1.29 is 14.3 Å². The van der Waals surface area contributed by atoms with Crippen LogP contribution in [0, 0.1) is 0 Å². The largest absolute Gasteiger partial charge is 0.468 e. The highest BCUT2D eigenvalue weighted by Gasteiger charge is 2.12. The van der Waals surface area contributed by atoms with E-state index in [4.69, 9.17) is 5.73 Å². The minimum atomic E-state index is -0.524. The van der Waals surface area contributed by atoms with Gasteiger partial charge in [-0.1, -0.05) is 6.92 Å². The molecule has 1 aromatic rings. The molecule has 0 bridgehead atoms. The number of rotatable bonds is 6. The minimum Gasteiger partial charge on any atom is -0.468 e. The third-order valence-corrected chi connectivity index (χ3v) is 2.40. The summed E-state index contributed by atoms with van der Waals surface area (Å²) in [5, 5.41) is 0. The van der Waals surface area contributed by atoms with Crippen LogP contribution in [0.4, 0.5) is 5.82 Å². The van der Waals surface area contributed by atoms with Crippen molar-refractivity contribution in [1.29, 1.82) is 0 Å². The Balaban J connectivity index is 2.84. The third-order valence-electron chi connectivity index (χ3n) is 2.40. The molecule has 0 spiro atoms. The standard InChI is InChI=1S/C12H17N3O3/c1-3-6-15(8-11(16)18-2)10-5-4-9(7-14-10)12(13)17/h4-5,7H,3,6,8H2,1-2H3,(H2,13,17). The molecular formula is C12H17N3O3. The van der Waals surface area contributed by atoms with Gasteiger partial charge in [-0.15, -0.1) is 0 Å². The SMILES string of the molecule is CCCN(CC(=O)OC)c1ccc(C(N)=O)cn1. The molecule has 18 heavy (non-hydrogen) atoms. The molecule has 0 aliphatic heterocycles. The number of carbonyl (C=O) groups excluding carboxylic acids is 2. The molecule has 0 radical (unpaired) electrons. The van der Waals surface area contributed by atoms with E-state index in [1.807, 2.05) is 6.92 Å². The summed E-state index contributed by atoms with van der Waals surface area (Å²) < 4.78 is 4.63. The summed E-state index contributed by atoms with van der Waals surface area (Å²) in [6, 6.07) is 3.25. The van der Waals surface area contributed by atoms with Crippen molar-refractivity contribution >= 4 is 17.7 Å². The monoisotopic (exact) mass is 251 g/mol. The zero-order chi connectivity index (χ0) is 13.5. The summed E-state index contributed by atoms with van der Waals surface area (Å²) >= 11 is 0. The molecule has 0 fully saturated rings. The van der Waals surface area contributed by atoms with Crippen molar-refractivity contribution in [3.8, 4) is 0 Å². The summed E-state index contributed by atoms with van der Waals surface area (Å²) in [6.45, 7) is 2.81. The van der Waals surface area contributed by atoms with E-state index in [0.717, 1.165) is 6.42 Å². The van der Waals surface area contributed by atoms with Gasteiger partial charge in [-0.05, 0) is 18.6 Å². The highest BCUT2D eigenvalue weighted by molar-refractivity contribution is 5.92. The number of hydrogen-bond donors (Lipinski definition) is 1. The molecule has 1 rings (SSSR count). The summed E-state index contributed by atoms with van der Waals surface area (Å²) in [6.07, 6.45) is 2.27. The number of nitrogens with zero attached hydrogens (tertiary/aromatic N) is 2. The Bertz CT molecular complexity index is 417. The van der Waals surface area contributed by atoms with Crippen molar-refractivity contribution in [3.05, 3.63) is 23.9 Å². The predicted octanol–water partition coefficient (Wildman–Crippen LogP) is 0.570. The van der Waals surface area contributed by atoms with Gasteiger partial charge in [0.2, 0.25) is 5.91 Å². The number of esters is 1. The maximum atomic E-state index is 11.3. The molecule has 0 saturated carbocycles. The zero-order valence-electron chi connectivity index (χ0n) is 10.5. The van der Waals surface area contributed by atoms with Crippen molar-refractivity contribution in [2.45, 2.75) is 13.3 Å². The molecule has 0 aliphatic rings. The molecule has 98 valence electrons. The summed E-state index contributed by atoms with van der Waals surface area (Å²) in [5.74, 6) is -0.236. The summed E-state index contributed by atoms with van der Waals surface area (Å²) in [4.78, 5) is 28.1. The van der Waals surface area contributed by atoms with Gasteiger partial charge in [-0.3, -0.25) is 9.59 Å². The number of anilines is 1. The number of methoxy groups -OCH3 is 1. The Morgan fingerprint density at radius 2 is 2.17 bits per heavy atom. The van der Waals surface area contributed by atoms with Gasteiger partial charge in [-0.25, -0.2) is 4.98 Å². The first kappa shape index (κ1) is 14.0. The fourth-order valence-electron chi connectivity index (χ4n) is 1.48. The average Bonchev–Trinajstić information content (AvgIpc) is 2.38. The van der Waals surface area contributed by atoms with Crippen molar-refractivity contribution in [2.75, 3.05) is 25.1 Å². The lowest BCUT2D eigenvalue weighted by atomic mass is 10.2. The van der Waals surface area contributed by atoms with E-state index in [1.54, 1.807) is 17.0 Å².